The normalized spacial score (nSPS) is 11.5. The number of fused-ring (bicyclic) bond motifs is 1. The number of imidazole rings is 1. The van der Waals surface area contributed by atoms with E-state index < -0.39 is 0 Å². The Morgan fingerprint density at radius 3 is 3.00 bits per heavy atom. The van der Waals surface area contributed by atoms with Crippen molar-refractivity contribution in [3.63, 3.8) is 0 Å². The predicted molar refractivity (Wildman–Crippen MR) is 69.4 cm³/mol. The van der Waals surface area contributed by atoms with Crippen LogP contribution in [0.5, 0.6) is 0 Å². The molecule has 0 aliphatic rings. The van der Waals surface area contributed by atoms with Crippen LogP contribution in [-0.2, 0) is 6.54 Å². The highest BCUT2D eigenvalue weighted by Gasteiger charge is 2.03. The van der Waals surface area contributed by atoms with Crippen LogP contribution in [0.25, 0.3) is 5.65 Å². The van der Waals surface area contributed by atoms with Gasteiger partial charge in [-0.15, -0.1) is 0 Å². The number of halogens is 1. The maximum atomic E-state index is 4.36. The van der Waals surface area contributed by atoms with Gasteiger partial charge in [-0.25, -0.2) is 4.98 Å². The average molecular weight is 282 g/mol. The van der Waals surface area contributed by atoms with E-state index in [0.29, 0.717) is 5.92 Å². The van der Waals surface area contributed by atoms with E-state index in [9.17, 15) is 0 Å². The van der Waals surface area contributed by atoms with E-state index in [1.165, 1.54) is 5.69 Å². The van der Waals surface area contributed by atoms with Crippen LogP contribution in [0.3, 0.4) is 0 Å². The first kappa shape index (κ1) is 11.6. The Morgan fingerprint density at radius 1 is 1.44 bits per heavy atom. The summed E-state index contributed by atoms with van der Waals surface area (Å²) in [5, 5.41) is 3.42. The number of aromatic nitrogens is 2. The van der Waals surface area contributed by atoms with Crippen molar-refractivity contribution in [3.8, 4) is 0 Å². The molecule has 0 saturated heterocycles. The van der Waals surface area contributed by atoms with Crippen molar-refractivity contribution in [3.05, 3.63) is 34.7 Å². The van der Waals surface area contributed by atoms with Crippen molar-refractivity contribution in [2.75, 3.05) is 6.54 Å². The number of rotatable bonds is 4. The van der Waals surface area contributed by atoms with Gasteiger partial charge in [0.25, 0.3) is 0 Å². The van der Waals surface area contributed by atoms with Gasteiger partial charge in [0.1, 0.15) is 5.65 Å². The third-order valence-corrected chi connectivity index (χ3v) is 2.87. The lowest BCUT2D eigenvalue weighted by atomic mass is 10.2. The standard InChI is InChI=1S/C12H16BrN3/c1-9(2)5-14-6-11-7-15-12-4-3-10(13)8-16(11)12/h3-4,7-9,14H,5-6H2,1-2H3. The lowest BCUT2D eigenvalue weighted by Crippen LogP contribution is -2.19. The molecule has 2 heterocycles. The smallest absolute Gasteiger partial charge is 0.136 e. The lowest BCUT2D eigenvalue weighted by Gasteiger charge is -2.07. The molecule has 2 aromatic heterocycles. The van der Waals surface area contributed by atoms with Crippen molar-refractivity contribution < 1.29 is 0 Å². The number of nitrogens with one attached hydrogen (secondary N) is 1. The van der Waals surface area contributed by atoms with E-state index in [2.05, 4.69) is 50.7 Å². The van der Waals surface area contributed by atoms with Gasteiger partial charge in [0, 0.05) is 17.2 Å². The molecule has 0 unspecified atom stereocenters. The van der Waals surface area contributed by atoms with Crippen molar-refractivity contribution in [2.24, 2.45) is 5.92 Å². The molecule has 0 bridgehead atoms. The molecule has 0 aliphatic carbocycles. The molecule has 3 nitrogen and oxygen atoms in total. The van der Waals surface area contributed by atoms with E-state index in [-0.39, 0.29) is 0 Å². The zero-order chi connectivity index (χ0) is 11.5. The molecule has 86 valence electrons. The van der Waals surface area contributed by atoms with Crippen molar-refractivity contribution in [1.82, 2.24) is 14.7 Å². The molecular weight excluding hydrogens is 266 g/mol. The monoisotopic (exact) mass is 281 g/mol. The summed E-state index contributed by atoms with van der Waals surface area (Å²) >= 11 is 3.47. The minimum atomic E-state index is 0.672. The van der Waals surface area contributed by atoms with Crippen LogP contribution in [-0.4, -0.2) is 15.9 Å². The summed E-state index contributed by atoms with van der Waals surface area (Å²) in [6.07, 6.45) is 3.98. The Labute approximate surface area is 104 Å². The van der Waals surface area contributed by atoms with Crippen molar-refractivity contribution >= 4 is 21.6 Å². The van der Waals surface area contributed by atoms with Gasteiger partial charge in [-0.1, -0.05) is 13.8 Å². The van der Waals surface area contributed by atoms with E-state index in [0.717, 1.165) is 23.2 Å². The molecule has 0 radical (unpaired) electrons. The van der Waals surface area contributed by atoms with Gasteiger partial charge < -0.3 is 9.72 Å². The fourth-order valence-electron chi connectivity index (χ4n) is 1.62. The van der Waals surface area contributed by atoms with Gasteiger partial charge in [-0.2, -0.15) is 0 Å². The second-order valence-electron chi connectivity index (χ2n) is 4.35. The molecule has 0 aliphatic heterocycles. The fourth-order valence-corrected chi connectivity index (χ4v) is 1.96. The first-order chi connectivity index (χ1) is 7.66. The molecule has 0 spiro atoms. The topological polar surface area (TPSA) is 29.3 Å². The van der Waals surface area contributed by atoms with E-state index in [4.69, 9.17) is 0 Å². The summed E-state index contributed by atoms with van der Waals surface area (Å²) in [6, 6.07) is 4.02. The lowest BCUT2D eigenvalue weighted by molar-refractivity contribution is 0.547. The third kappa shape index (κ3) is 2.62. The van der Waals surface area contributed by atoms with Gasteiger partial charge in [0.2, 0.25) is 0 Å². The first-order valence-corrected chi connectivity index (χ1v) is 6.28. The molecular formula is C12H16BrN3. The van der Waals surface area contributed by atoms with E-state index >= 15 is 0 Å². The van der Waals surface area contributed by atoms with Gasteiger partial charge >= 0.3 is 0 Å². The number of hydrogen-bond acceptors (Lipinski definition) is 2. The number of pyridine rings is 1. The molecule has 1 N–H and O–H groups in total. The van der Waals surface area contributed by atoms with Crippen LogP contribution < -0.4 is 5.32 Å². The largest absolute Gasteiger partial charge is 0.311 e. The van der Waals surface area contributed by atoms with Crippen molar-refractivity contribution in [2.45, 2.75) is 20.4 Å². The molecule has 0 fully saturated rings. The van der Waals surface area contributed by atoms with Crippen LogP contribution >= 0.6 is 15.9 Å². The summed E-state index contributed by atoms with van der Waals surface area (Å²) in [5.41, 5.74) is 2.18. The van der Waals surface area contributed by atoms with Gasteiger partial charge in [-0.3, -0.25) is 0 Å². The predicted octanol–water partition coefficient (Wildman–Crippen LogP) is 2.84. The Hall–Kier alpha value is -0.870. The Bertz CT molecular complexity index is 476. The van der Waals surface area contributed by atoms with E-state index in [1.807, 2.05) is 18.3 Å². The molecule has 0 aromatic carbocycles. The summed E-state index contributed by atoms with van der Waals surface area (Å²) in [5.74, 6) is 0.672. The molecule has 0 atom stereocenters. The third-order valence-electron chi connectivity index (χ3n) is 2.40. The molecule has 4 heteroatoms. The maximum Gasteiger partial charge on any atom is 0.136 e. The summed E-state index contributed by atoms with van der Waals surface area (Å²) < 4.78 is 3.18. The minimum absolute atomic E-state index is 0.672. The average Bonchev–Trinajstić information content (AvgIpc) is 2.60. The summed E-state index contributed by atoms with van der Waals surface area (Å²) in [7, 11) is 0. The zero-order valence-corrected chi connectivity index (χ0v) is 11.2. The highest BCUT2D eigenvalue weighted by Crippen LogP contribution is 2.13. The minimum Gasteiger partial charge on any atom is -0.311 e. The maximum absolute atomic E-state index is 4.36. The van der Waals surface area contributed by atoms with Crippen LogP contribution in [0.1, 0.15) is 19.5 Å². The van der Waals surface area contributed by atoms with Gasteiger partial charge in [0.05, 0.1) is 11.9 Å². The van der Waals surface area contributed by atoms with Crippen LogP contribution in [0, 0.1) is 5.92 Å². The van der Waals surface area contributed by atoms with Crippen LogP contribution in [0.15, 0.2) is 29.0 Å². The quantitative estimate of drug-likeness (QED) is 0.934. The van der Waals surface area contributed by atoms with Crippen LogP contribution in [0.4, 0.5) is 0 Å². The number of hydrogen-bond donors (Lipinski definition) is 1. The molecule has 0 amide bonds. The molecule has 0 saturated carbocycles. The second kappa shape index (κ2) is 4.97. The van der Waals surface area contributed by atoms with Crippen molar-refractivity contribution in [1.29, 1.82) is 0 Å². The Morgan fingerprint density at radius 2 is 2.25 bits per heavy atom. The molecule has 2 aromatic rings. The molecule has 16 heavy (non-hydrogen) atoms. The van der Waals surface area contributed by atoms with Gasteiger partial charge in [0.15, 0.2) is 0 Å². The Kier molecular flexibility index (Phi) is 3.61. The number of nitrogens with zero attached hydrogens (tertiary/aromatic N) is 2. The van der Waals surface area contributed by atoms with Crippen LogP contribution in [0.2, 0.25) is 0 Å². The SMILES string of the molecule is CC(C)CNCc1cnc2ccc(Br)cn12. The first-order valence-electron chi connectivity index (χ1n) is 5.49. The van der Waals surface area contributed by atoms with E-state index in [1.54, 1.807) is 0 Å². The highest BCUT2D eigenvalue weighted by atomic mass is 79.9. The zero-order valence-electron chi connectivity index (χ0n) is 9.57. The van der Waals surface area contributed by atoms with Gasteiger partial charge in [-0.05, 0) is 40.5 Å². The Balaban J connectivity index is 2.15. The summed E-state index contributed by atoms with van der Waals surface area (Å²) in [6.45, 7) is 6.30. The second-order valence-corrected chi connectivity index (χ2v) is 5.27. The highest BCUT2D eigenvalue weighted by molar-refractivity contribution is 9.10. The summed E-state index contributed by atoms with van der Waals surface area (Å²) in [4.78, 5) is 4.36. The molecule has 2 rings (SSSR count). The fraction of sp³-hybridized carbons (Fsp3) is 0.417.